The molecule has 1 saturated carbocycles. The van der Waals surface area contributed by atoms with Gasteiger partial charge in [0.05, 0.1) is 25.1 Å². The highest BCUT2D eigenvalue weighted by atomic mass is 32.1. The highest BCUT2D eigenvalue weighted by molar-refractivity contribution is 7.17. The average molecular weight is 365 g/mol. The predicted octanol–water partition coefficient (Wildman–Crippen LogP) is 1.43. The molecule has 2 aliphatic rings. The van der Waals surface area contributed by atoms with Crippen molar-refractivity contribution in [3.63, 3.8) is 0 Å². The third kappa shape index (κ3) is 3.55. The fraction of sp³-hybridized carbons (Fsp3) is 0.562. The number of nitrogens with zero attached hydrogens (tertiary/aromatic N) is 2. The summed E-state index contributed by atoms with van der Waals surface area (Å²) in [6, 6.07) is 0. The maximum atomic E-state index is 12.3. The van der Waals surface area contributed by atoms with E-state index >= 15 is 0 Å². The second-order valence-electron chi connectivity index (χ2n) is 6.14. The summed E-state index contributed by atoms with van der Waals surface area (Å²) in [6.45, 7) is 0.0751. The van der Waals surface area contributed by atoms with Crippen molar-refractivity contribution in [3.8, 4) is 0 Å². The molecule has 0 spiro atoms. The lowest BCUT2D eigenvalue weighted by Gasteiger charge is -2.19. The van der Waals surface area contributed by atoms with Crippen LogP contribution in [-0.4, -0.2) is 47.2 Å². The lowest BCUT2D eigenvalue weighted by molar-refractivity contribution is -0.140. The molecule has 0 radical (unpaired) electrons. The molecule has 1 aromatic heterocycles. The molecule has 0 aromatic carbocycles. The van der Waals surface area contributed by atoms with Gasteiger partial charge in [-0.05, 0) is 12.8 Å². The average Bonchev–Trinajstić information content (AvgIpc) is 3.17. The van der Waals surface area contributed by atoms with Crippen LogP contribution in [0.2, 0.25) is 0 Å². The lowest BCUT2D eigenvalue weighted by Crippen LogP contribution is -2.34. The Bertz CT molecular complexity index is 692. The smallest absolute Gasteiger partial charge is 0.349 e. The molecule has 1 aliphatic heterocycles. The summed E-state index contributed by atoms with van der Waals surface area (Å²) in [6.07, 6.45) is 4.79. The summed E-state index contributed by atoms with van der Waals surface area (Å²) < 4.78 is 4.58. The summed E-state index contributed by atoms with van der Waals surface area (Å²) in [5, 5.41) is 2.85. The highest BCUT2D eigenvalue weighted by Crippen LogP contribution is 2.37. The number of aromatic nitrogens is 1. The molecule has 3 amide bonds. The van der Waals surface area contributed by atoms with Gasteiger partial charge in [0.25, 0.3) is 0 Å². The van der Waals surface area contributed by atoms with Crippen LogP contribution >= 0.6 is 11.3 Å². The van der Waals surface area contributed by atoms with Crippen molar-refractivity contribution in [1.82, 2.24) is 9.88 Å². The van der Waals surface area contributed by atoms with E-state index in [1.165, 1.54) is 18.2 Å². The Hall–Kier alpha value is -2.29. The Morgan fingerprint density at radius 3 is 2.52 bits per heavy atom. The number of rotatable bonds is 5. The van der Waals surface area contributed by atoms with E-state index in [1.54, 1.807) is 0 Å². The zero-order chi connectivity index (χ0) is 18.0. The topological polar surface area (TPSA) is 106 Å². The van der Waals surface area contributed by atoms with Crippen LogP contribution in [0.15, 0.2) is 6.20 Å². The van der Waals surface area contributed by atoms with Crippen LogP contribution in [0.3, 0.4) is 0 Å². The number of imide groups is 1. The monoisotopic (exact) mass is 365 g/mol. The molecule has 1 N–H and O–H groups in total. The van der Waals surface area contributed by atoms with Crippen molar-refractivity contribution in [2.75, 3.05) is 19.0 Å². The van der Waals surface area contributed by atoms with Crippen LogP contribution in [0.5, 0.6) is 0 Å². The molecular formula is C16H19N3O5S. The van der Waals surface area contributed by atoms with Gasteiger partial charge in [0.1, 0.15) is 4.88 Å². The number of esters is 1. The van der Waals surface area contributed by atoms with E-state index < -0.39 is 5.97 Å². The van der Waals surface area contributed by atoms with Gasteiger partial charge in [0, 0.05) is 13.0 Å². The van der Waals surface area contributed by atoms with E-state index in [9.17, 15) is 19.2 Å². The zero-order valence-corrected chi connectivity index (χ0v) is 14.6. The van der Waals surface area contributed by atoms with Crippen LogP contribution in [0.25, 0.3) is 0 Å². The zero-order valence-electron chi connectivity index (χ0n) is 13.8. The Morgan fingerprint density at radius 1 is 1.28 bits per heavy atom. The van der Waals surface area contributed by atoms with Gasteiger partial charge in [-0.3, -0.25) is 19.3 Å². The summed E-state index contributed by atoms with van der Waals surface area (Å²) in [5.74, 6) is -1.58. The van der Waals surface area contributed by atoms with Gasteiger partial charge in [-0.15, -0.1) is 0 Å². The molecular weight excluding hydrogens is 346 g/mol. The number of carbonyl (C=O) groups is 4. The van der Waals surface area contributed by atoms with Crippen LogP contribution in [0.1, 0.15) is 41.8 Å². The molecule has 2 fully saturated rings. The second kappa shape index (κ2) is 7.30. The Balaban J connectivity index is 1.54. The lowest BCUT2D eigenvalue weighted by atomic mass is 9.81. The van der Waals surface area contributed by atoms with Gasteiger partial charge in [-0.25, -0.2) is 9.78 Å². The third-order valence-electron chi connectivity index (χ3n) is 4.63. The molecule has 1 aliphatic carbocycles. The molecule has 8 nitrogen and oxygen atoms in total. The van der Waals surface area contributed by atoms with E-state index in [2.05, 4.69) is 15.0 Å². The Labute approximate surface area is 148 Å². The first kappa shape index (κ1) is 17.5. The minimum atomic E-state index is -0.520. The summed E-state index contributed by atoms with van der Waals surface area (Å²) in [5.41, 5.74) is 0. The third-order valence-corrected chi connectivity index (χ3v) is 5.53. The van der Waals surface area contributed by atoms with E-state index in [4.69, 9.17) is 0 Å². The van der Waals surface area contributed by atoms with E-state index in [1.807, 2.05) is 0 Å². The number of hydrogen-bond donors (Lipinski definition) is 1. The predicted molar refractivity (Wildman–Crippen MR) is 88.9 cm³/mol. The molecule has 3 rings (SSSR count). The first-order valence-corrected chi connectivity index (χ1v) is 9.02. The van der Waals surface area contributed by atoms with Crippen LogP contribution < -0.4 is 5.32 Å². The van der Waals surface area contributed by atoms with Gasteiger partial charge in [0.15, 0.2) is 5.13 Å². The first-order valence-electron chi connectivity index (χ1n) is 8.20. The number of hydrogen-bond acceptors (Lipinski definition) is 7. The second-order valence-corrected chi connectivity index (χ2v) is 7.18. The van der Waals surface area contributed by atoms with Crippen molar-refractivity contribution in [2.24, 2.45) is 11.8 Å². The molecule has 2 heterocycles. The fourth-order valence-corrected chi connectivity index (χ4v) is 4.12. The van der Waals surface area contributed by atoms with Crippen LogP contribution in [0, 0.1) is 11.8 Å². The first-order chi connectivity index (χ1) is 12.0. The number of methoxy groups -OCH3 is 1. The molecule has 0 bridgehead atoms. The number of amides is 3. The van der Waals surface area contributed by atoms with Crippen molar-refractivity contribution < 1.29 is 23.9 Å². The van der Waals surface area contributed by atoms with E-state index in [0.29, 0.717) is 0 Å². The normalized spacial score (nSPS) is 22.7. The molecule has 1 saturated heterocycles. The van der Waals surface area contributed by atoms with Gasteiger partial charge in [-0.2, -0.15) is 0 Å². The van der Waals surface area contributed by atoms with Crippen molar-refractivity contribution in [3.05, 3.63) is 11.1 Å². The van der Waals surface area contributed by atoms with Crippen LogP contribution in [-0.2, 0) is 19.1 Å². The molecule has 9 heteroatoms. The number of nitrogens with one attached hydrogen (secondary N) is 1. The number of likely N-dealkylation sites (tertiary alicyclic amines) is 1. The quantitative estimate of drug-likeness (QED) is 0.625. The largest absolute Gasteiger partial charge is 0.465 e. The maximum absolute atomic E-state index is 12.3. The molecule has 0 unspecified atom stereocenters. The number of fused-ring (bicyclic) bond motifs is 1. The van der Waals surface area contributed by atoms with Gasteiger partial charge < -0.3 is 10.1 Å². The van der Waals surface area contributed by atoms with Gasteiger partial charge in [-0.1, -0.05) is 24.2 Å². The van der Waals surface area contributed by atoms with Gasteiger partial charge >= 0.3 is 5.97 Å². The number of anilines is 1. The van der Waals surface area contributed by atoms with Crippen molar-refractivity contribution in [2.45, 2.75) is 32.1 Å². The minimum absolute atomic E-state index is 0.00403. The summed E-state index contributed by atoms with van der Waals surface area (Å²) >= 11 is 1.00. The standard InChI is InChI=1S/C16H19N3O5S/c1-24-15(23)11-8-17-16(25-11)18-12(20)6-7-19-13(21)9-4-2-3-5-10(9)14(19)22/h8-10H,2-7H2,1H3,(H,17,18,20)/t9-,10-/m1/s1. The molecule has 134 valence electrons. The van der Waals surface area contributed by atoms with Crippen molar-refractivity contribution >= 4 is 40.2 Å². The van der Waals surface area contributed by atoms with Crippen LogP contribution in [0.4, 0.5) is 5.13 Å². The van der Waals surface area contributed by atoms with E-state index in [-0.39, 0.29) is 52.5 Å². The highest BCUT2D eigenvalue weighted by Gasteiger charge is 2.47. The molecule has 25 heavy (non-hydrogen) atoms. The number of thiazole rings is 1. The molecule has 1 aromatic rings. The summed E-state index contributed by atoms with van der Waals surface area (Å²) in [4.78, 5) is 53.5. The van der Waals surface area contributed by atoms with Crippen molar-refractivity contribution in [1.29, 1.82) is 0 Å². The minimum Gasteiger partial charge on any atom is -0.465 e. The Kier molecular flexibility index (Phi) is 5.12. The SMILES string of the molecule is COC(=O)c1cnc(NC(=O)CCN2C(=O)[C@@H]3CCCC[C@H]3C2=O)s1. The fourth-order valence-electron chi connectivity index (χ4n) is 3.37. The Morgan fingerprint density at radius 2 is 1.92 bits per heavy atom. The number of ether oxygens (including phenoxy) is 1. The van der Waals surface area contributed by atoms with E-state index in [0.717, 1.165) is 37.0 Å². The number of carbonyl (C=O) groups excluding carboxylic acids is 4. The molecule has 2 atom stereocenters. The summed E-state index contributed by atoms with van der Waals surface area (Å²) in [7, 11) is 1.27. The maximum Gasteiger partial charge on any atom is 0.349 e. The van der Waals surface area contributed by atoms with Gasteiger partial charge in [0.2, 0.25) is 17.7 Å².